The zero-order valence-electron chi connectivity index (χ0n) is 13.1. The molecule has 0 unspecified atom stereocenters. The van der Waals surface area contributed by atoms with Crippen molar-refractivity contribution in [1.82, 2.24) is 0 Å². The van der Waals surface area contributed by atoms with Crippen LogP contribution in [0.3, 0.4) is 0 Å². The predicted molar refractivity (Wildman–Crippen MR) is 86.7 cm³/mol. The van der Waals surface area contributed by atoms with Gasteiger partial charge in [-0.1, -0.05) is 36.4 Å². The molecule has 2 heterocycles. The summed E-state index contributed by atoms with van der Waals surface area (Å²) in [5.41, 5.74) is 0.872. The Balaban J connectivity index is 1.95. The lowest BCUT2D eigenvalue weighted by atomic mass is 9.84. The van der Waals surface area contributed by atoms with Crippen molar-refractivity contribution in [1.29, 1.82) is 0 Å². The second-order valence-electron chi connectivity index (χ2n) is 5.86. The Morgan fingerprint density at radius 1 is 1.21 bits per heavy atom. The molecule has 3 aromatic rings. The number of ether oxygens (including phenoxy) is 2. The molecule has 1 N–H and O–H groups in total. The summed E-state index contributed by atoms with van der Waals surface area (Å²) in [6.45, 7) is 0. The van der Waals surface area contributed by atoms with Crippen LogP contribution in [0.5, 0.6) is 5.75 Å². The van der Waals surface area contributed by atoms with Crippen LogP contribution in [0.2, 0.25) is 0 Å². The Hall–Kier alpha value is -2.79. The third-order valence-electron chi connectivity index (χ3n) is 4.43. The predicted octanol–water partition coefficient (Wildman–Crippen LogP) is 3.21. The van der Waals surface area contributed by atoms with Crippen LogP contribution in [-0.2, 0) is 9.53 Å². The van der Waals surface area contributed by atoms with E-state index in [0.29, 0.717) is 11.5 Å². The van der Waals surface area contributed by atoms with E-state index >= 15 is 0 Å². The van der Waals surface area contributed by atoms with Crippen molar-refractivity contribution in [3.8, 4) is 5.75 Å². The van der Waals surface area contributed by atoms with E-state index in [-0.39, 0.29) is 12.3 Å². The molecule has 0 aliphatic carbocycles. The Morgan fingerprint density at radius 2 is 2.04 bits per heavy atom. The van der Waals surface area contributed by atoms with Crippen molar-refractivity contribution < 1.29 is 23.8 Å². The lowest BCUT2D eigenvalue weighted by Gasteiger charge is -2.36. The standard InChI is InChI=1S/C19H16O5/c1-22-18(20)19(21)11-15(16-7-4-10-23-16)14-9-8-12-5-2-3-6-13(12)17(14)24-19/h2-10,15,21H,11H2,1H3/t15-,19-/m1/s1. The fourth-order valence-corrected chi connectivity index (χ4v) is 3.27. The van der Waals surface area contributed by atoms with Gasteiger partial charge in [0.05, 0.1) is 19.3 Å². The smallest absolute Gasteiger partial charge is 0.379 e. The largest absolute Gasteiger partial charge is 0.469 e. The average molecular weight is 324 g/mol. The normalized spacial score (nSPS) is 22.7. The van der Waals surface area contributed by atoms with E-state index in [1.165, 1.54) is 7.11 Å². The minimum Gasteiger partial charge on any atom is -0.469 e. The van der Waals surface area contributed by atoms with Crippen molar-refractivity contribution in [3.05, 3.63) is 66.1 Å². The van der Waals surface area contributed by atoms with Gasteiger partial charge >= 0.3 is 11.8 Å². The quantitative estimate of drug-likeness (QED) is 0.733. The van der Waals surface area contributed by atoms with Gasteiger partial charge in [0, 0.05) is 17.4 Å². The van der Waals surface area contributed by atoms with Gasteiger partial charge in [-0.3, -0.25) is 0 Å². The molecule has 0 saturated heterocycles. The molecule has 1 aliphatic rings. The lowest BCUT2D eigenvalue weighted by molar-refractivity contribution is -0.203. The van der Waals surface area contributed by atoms with E-state index in [0.717, 1.165) is 16.3 Å². The number of carbonyl (C=O) groups excluding carboxylic acids is 1. The van der Waals surface area contributed by atoms with E-state index in [9.17, 15) is 9.90 Å². The topological polar surface area (TPSA) is 68.9 Å². The molecular weight excluding hydrogens is 308 g/mol. The van der Waals surface area contributed by atoms with E-state index < -0.39 is 11.8 Å². The second kappa shape index (κ2) is 5.39. The minimum absolute atomic E-state index is 0.0263. The first-order valence-corrected chi connectivity index (χ1v) is 7.67. The second-order valence-corrected chi connectivity index (χ2v) is 5.86. The van der Waals surface area contributed by atoms with E-state index in [4.69, 9.17) is 13.9 Å². The van der Waals surface area contributed by atoms with Crippen LogP contribution in [0.4, 0.5) is 0 Å². The number of hydrogen-bond acceptors (Lipinski definition) is 5. The summed E-state index contributed by atoms with van der Waals surface area (Å²) in [5, 5.41) is 12.6. The lowest BCUT2D eigenvalue weighted by Crippen LogP contribution is -2.49. The molecule has 2 atom stereocenters. The van der Waals surface area contributed by atoms with Gasteiger partial charge in [0.1, 0.15) is 11.5 Å². The number of aliphatic hydroxyl groups is 1. The molecule has 0 fully saturated rings. The summed E-state index contributed by atoms with van der Waals surface area (Å²) < 4.78 is 16.0. The van der Waals surface area contributed by atoms with Crippen molar-refractivity contribution in [3.63, 3.8) is 0 Å². The molecule has 0 saturated carbocycles. The minimum atomic E-state index is -2.05. The van der Waals surface area contributed by atoms with Crippen molar-refractivity contribution in [2.75, 3.05) is 7.11 Å². The highest BCUT2D eigenvalue weighted by atomic mass is 16.7. The van der Waals surface area contributed by atoms with Gasteiger partial charge in [-0.05, 0) is 17.5 Å². The highest BCUT2D eigenvalue weighted by Crippen LogP contribution is 2.47. The fourth-order valence-electron chi connectivity index (χ4n) is 3.27. The summed E-state index contributed by atoms with van der Waals surface area (Å²) in [6, 6.07) is 15.2. The molecular formula is C19H16O5. The molecule has 0 bridgehead atoms. The maximum atomic E-state index is 12.1. The Bertz CT molecular complexity index is 899. The van der Waals surface area contributed by atoms with Crippen molar-refractivity contribution in [2.45, 2.75) is 18.1 Å². The van der Waals surface area contributed by atoms with E-state index in [2.05, 4.69) is 0 Å². The van der Waals surface area contributed by atoms with Crippen LogP contribution < -0.4 is 4.74 Å². The van der Waals surface area contributed by atoms with Gasteiger partial charge in [-0.15, -0.1) is 0 Å². The number of fused-ring (bicyclic) bond motifs is 3. The number of furan rings is 1. The van der Waals surface area contributed by atoms with Gasteiger partial charge in [0.15, 0.2) is 0 Å². The van der Waals surface area contributed by atoms with Crippen LogP contribution in [0.15, 0.2) is 59.2 Å². The number of carbonyl (C=O) groups is 1. The Kier molecular flexibility index (Phi) is 3.32. The Morgan fingerprint density at radius 3 is 2.79 bits per heavy atom. The summed E-state index contributed by atoms with van der Waals surface area (Å²) in [6.07, 6.45) is 1.60. The van der Waals surface area contributed by atoms with Crippen LogP contribution in [0.25, 0.3) is 10.8 Å². The molecule has 122 valence electrons. The molecule has 1 aromatic heterocycles. The van der Waals surface area contributed by atoms with Gasteiger partial charge in [-0.2, -0.15) is 0 Å². The first kappa shape index (κ1) is 14.8. The van der Waals surface area contributed by atoms with Crippen LogP contribution in [0, 0.1) is 0 Å². The zero-order valence-corrected chi connectivity index (χ0v) is 13.1. The maximum Gasteiger partial charge on any atom is 0.379 e. The summed E-state index contributed by atoms with van der Waals surface area (Å²) in [5.74, 6) is -2.04. The SMILES string of the molecule is COC(=O)[C@@]1(O)C[C@@H](c2ccco2)c2ccc3ccccc3c2O1. The molecule has 24 heavy (non-hydrogen) atoms. The summed E-state index contributed by atoms with van der Waals surface area (Å²) in [7, 11) is 1.23. The average Bonchev–Trinajstić information content (AvgIpc) is 3.14. The maximum absolute atomic E-state index is 12.1. The Labute approximate surface area is 138 Å². The third kappa shape index (κ3) is 2.17. The zero-order chi connectivity index (χ0) is 16.7. The molecule has 0 spiro atoms. The van der Waals surface area contributed by atoms with E-state index in [1.54, 1.807) is 12.3 Å². The van der Waals surface area contributed by atoms with Gasteiger partial charge in [0.25, 0.3) is 0 Å². The summed E-state index contributed by atoms with van der Waals surface area (Å²) in [4.78, 5) is 12.1. The third-order valence-corrected chi connectivity index (χ3v) is 4.43. The highest BCUT2D eigenvalue weighted by Gasteiger charge is 2.48. The molecule has 1 aliphatic heterocycles. The highest BCUT2D eigenvalue weighted by molar-refractivity contribution is 5.91. The van der Waals surface area contributed by atoms with Crippen molar-refractivity contribution >= 4 is 16.7 Å². The first-order chi connectivity index (χ1) is 11.6. The van der Waals surface area contributed by atoms with E-state index in [1.807, 2.05) is 42.5 Å². The van der Waals surface area contributed by atoms with Crippen LogP contribution >= 0.6 is 0 Å². The molecule has 5 nitrogen and oxygen atoms in total. The van der Waals surface area contributed by atoms with Gasteiger partial charge in [-0.25, -0.2) is 4.79 Å². The van der Waals surface area contributed by atoms with Crippen molar-refractivity contribution in [2.24, 2.45) is 0 Å². The molecule has 4 rings (SSSR count). The van der Waals surface area contributed by atoms with Crippen LogP contribution in [-0.4, -0.2) is 24.0 Å². The number of hydrogen-bond donors (Lipinski definition) is 1. The number of methoxy groups -OCH3 is 1. The molecule has 0 radical (unpaired) electrons. The molecule has 2 aromatic carbocycles. The monoisotopic (exact) mass is 324 g/mol. The number of esters is 1. The number of rotatable bonds is 2. The first-order valence-electron chi connectivity index (χ1n) is 7.67. The van der Waals surface area contributed by atoms with Crippen LogP contribution in [0.1, 0.15) is 23.7 Å². The molecule has 5 heteroatoms. The summed E-state index contributed by atoms with van der Waals surface area (Å²) >= 11 is 0. The van der Waals surface area contributed by atoms with Gasteiger partial charge in [0.2, 0.25) is 0 Å². The number of benzene rings is 2. The van der Waals surface area contributed by atoms with Gasteiger partial charge < -0.3 is 19.0 Å². The fraction of sp³-hybridized carbons (Fsp3) is 0.211. The molecule has 0 amide bonds.